The molecule has 0 spiro atoms. The molecule has 2 aromatic carbocycles. The van der Waals surface area contributed by atoms with E-state index in [1.54, 1.807) is 23.7 Å². The number of thiazole rings is 1. The van der Waals surface area contributed by atoms with Crippen LogP contribution in [0.25, 0.3) is 11.3 Å². The zero-order chi connectivity index (χ0) is 19.3. The molecule has 4 nitrogen and oxygen atoms in total. The van der Waals surface area contributed by atoms with Crippen LogP contribution in [0.15, 0.2) is 88.4 Å². The van der Waals surface area contributed by atoms with Gasteiger partial charge in [-0.05, 0) is 49.2 Å². The van der Waals surface area contributed by atoms with Crippen LogP contribution in [0.5, 0.6) is 0 Å². The first-order valence-electron chi connectivity index (χ1n) is 9.04. The summed E-state index contributed by atoms with van der Waals surface area (Å²) in [6, 6.07) is 22.2. The van der Waals surface area contributed by atoms with Gasteiger partial charge in [-0.1, -0.05) is 42.5 Å². The Kier molecular flexibility index (Phi) is 5.26. The van der Waals surface area contributed by atoms with Crippen LogP contribution in [0.2, 0.25) is 0 Å². The zero-order valence-corrected chi connectivity index (χ0v) is 16.6. The molecule has 0 fully saturated rings. The summed E-state index contributed by atoms with van der Waals surface area (Å²) in [6.07, 6.45) is 3.52. The van der Waals surface area contributed by atoms with Crippen LogP contribution in [0.4, 0.5) is 5.69 Å². The Morgan fingerprint density at radius 3 is 2.50 bits per heavy atom. The standard InChI is InChI=1S/C23H20N4S/c1-17-11-12-20(14-18(17)2)26-23-27(25-15-21-10-6-7-13-24-21)22(16-28-23)19-8-4-3-5-9-19/h3-16H,1-2H3/b25-15-,26-23?. The number of hydrogen-bond acceptors (Lipinski definition) is 4. The fourth-order valence-electron chi connectivity index (χ4n) is 2.77. The Hall–Kier alpha value is -3.31. The molecule has 2 heterocycles. The maximum Gasteiger partial charge on any atom is 0.211 e. The van der Waals surface area contributed by atoms with Crippen molar-refractivity contribution in [1.29, 1.82) is 0 Å². The minimum absolute atomic E-state index is 0.803. The highest BCUT2D eigenvalue weighted by atomic mass is 32.1. The van der Waals surface area contributed by atoms with Crippen molar-refractivity contribution in [3.8, 4) is 11.3 Å². The van der Waals surface area contributed by atoms with Gasteiger partial charge in [-0.3, -0.25) is 4.98 Å². The van der Waals surface area contributed by atoms with E-state index >= 15 is 0 Å². The predicted octanol–water partition coefficient (Wildman–Crippen LogP) is 5.34. The lowest BCUT2D eigenvalue weighted by atomic mass is 10.1. The monoisotopic (exact) mass is 384 g/mol. The molecule has 0 aliphatic rings. The van der Waals surface area contributed by atoms with E-state index in [9.17, 15) is 0 Å². The van der Waals surface area contributed by atoms with E-state index < -0.39 is 0 Å². The fourth-order valence-corrected chi connectivity index (χ4v) is 3.63. The van der Waals surface area contributed by atoms with Gasteiger partial charge in [-0.2, -0.15) is 5.10 Å². The van der Waals surface area contributed by atoms with Gasteiger partial charge < -0.3 is 0 Å². The Balaban J connectivity index is 1.84. The van der Waals surface area contributed by atoms with Crippen LogP contribution in [-0.2, 0) is 0 Å². The molecule has 0 N–H and O–H groups in total. The third-order valence-corrected chi connectivity index (χ3v) is 5.28. The van der Waals surface area contributed by atoms with E-state index in [0.29, 0.717) is 0 Å². The lowest BCUT2D eigenvalue weighted by Crippen LogP contribution is -2.11. The Morgan fingerprint density at radius 2 is 1.75 bits per heavy atom. The molecule has 0 aliphatic carbocycles. The summed E-state index contributed by atoms with van der Waals surface area (Å²) in [5.74, 6) is 0. The Morgan fingerprint density at radius 1 is 0.929 bits per heavy atom. The third-order valence-electron chi connectivity index (χ3n) is 4.46. The van der Waals surface area contributed by atoms with Crippen LogP contribution in [-0.4, -0.2) is 15.9 Å². The van der Waals surface area contributed by atoms with Crippen molar-refractivity contribution in [2.75, 3.05) is 0 Å². The van der Waals surface area contributed by atoms with Gasteiger partial charge in [0.25, 0.3) is 0 Å². The van der Waals surface area contributed by atoms with Gasteiger partial charge in [0, 0.05) is 17.1 Å². The van der Waals surface area contributed by atoms with Gasteiger partial charge in [0.1, 0.15) is 0 Å². The number of aromatic nitrogens is 2. The highest BCUT2D eigenvalue weighted by Gasteiger charge is 2.07. The lowest BCUT2D eigenvalue weighted by Gasteiger charge is -2.04. The molecule has 0 atom stereocenters. The smallest absolute Gasteiger partial charge is 0.211 e. The van der Waals surface area contributed by atoms with Crippen LogP contribution < -0.4 is 4.80 Å². The molecular formula is C23H20N4S. The normalized spacial score (nSPS) is 12.0. The first kappa shape index (κ1) is 18.1. The van der Waals surface area contributed by atoms with E-state index in [-0.39, 0.29) is 0 Å². The summed E-state index contributed by atoms with van der Waals surface area (Å²) >= 11 is 1.57. The third kappa shape index (κ3) is 4.00. The van der Waals surface area contributed by atoms with E-state index in [1.165, 1.54) is 11.1 Å². The largest absolute Gasteiger partial charge is 0.255 e. The quantitative estimate of drug-likeness (QED) is 0.438. The molecule has 0 saturated heterocycles. The second kappa shape index (κ2) is 8.15. The molecule has 4 rings (SSSR count). The van der Waals surface area contributed by atoms with Gasteiger partial charge in [0.15, 0.2) is 0 Å². The van der Waals surface area contributed by atoms with Gasteiger partial charge >= 0.3 is 0 Å². The maximum atomic E-state index is 4.85. The van der Waals surface area contributed by atoms with E-state index in [4.69, 9.17) is 10.1 Å². The lowest BCUT2D eigenvalue weighted by molar-refractivity contribution is 0.853. The van der Waals surface area contributed by atoms with E-state index in [1.807, 2.05) is 47.1 Å². The Bertz CT molecular complexity index is 1170. The van der Waals surface area contributed by atoms with Gasteiger partial charge in [0.05, 0.1) is 23.3 Å². The molecule has 0 unspecified atom stereocenters. The van der Waals surface area contributed by atoms with Crippen molar-refractivity contribution in [2.24, 2.45) is 10.1 Å². The second-order valence-corrected chi connectivity index (χ2v) is 7.30. The molecule has 2 aromatic heterocycles. The van der Waals surface area contributed by atoms with Crippen molar-refractivity contribution >= 4 is 23.2 Å². The highest BCUT2D eigenvalue weighted by Crippen LogP contribution is 2.21. The molecule has 138 valence electrons. The molecule has 0 saturated carbocycles. The average Bonchev–Trinajstić information content (AvgIpc) is 3.13. The second-order valence-electron chi connectivity index (χ2n) is 6.46. The number of hydrogen-bond donors (Lipinski definition) is 0. The van der Waals surface area contributed by atoms with Crippen LogP contribution in [0.3, 0.4) is 0 Å². The molecular weight excluding hydrogens is 364 g/mol. The number of aryl methyl sites for hydroxylation is 2. The van der Waals surface area contributed by atoms with Crippen LogP contribution >= 0.6 is 11.3 Å². The topological polar surface area (TPSA) is 42.5 Å². The summed E-state index contributed by atoms with van der Waals surface area (Å²) in [6.45, 7) is 4.21. The molecule has 0 amide bonds. The zero-order valence-electron chi connectivity index (χ0n) is 15.8. The first-order valence-corrected chi connectivity index (χ1v) is 9.92. The first-order chi connectivity index (χ1) is 13.7. The number of benzene rings is 2. The summed E-state index contributed by atoms with van der Waals surface area (Å²) < 4.78 is 1.88. The summed E-state index contributed by atoms with van der Waals surface area (Å²) in [7, 11) is 0. The van der Waals surface area contributed by atoms with Crippen molar-refractivity contribution in [1.82, 2.24) is 9.66 Å². The van der Waals surface area contributed by atoms with Crippen molar-refractivity contribution in [3.05, 3.63) is 99.9 Å². The SMILES string of the molecule is Cc1ccc(N=c2scc(-c3ccccc3)n2/N=C\c2ccccn2)cc1C. The van der Waals surface area contributed by atoms with Crippen LogP contribution in [0.1, 0.15) is 16.8 Å². The molecule has 0 bridgehead atoms. The van der Waals surface area contributed by atoms with Crippen LogP contribution in [0, 0.1) is 13.8 Å². The van der Waals surface area contributed by atoms with Crippen molar-refractivity contribution in [2.45, 2.75) is 13.8 Å². The summed E-state index contributed by atoms with van der Waals surface area (Å²) in [5, 5.41) is 6.78. The maximum absolute atomic E-state index is 4.85. The molecule has 0 radical (unpaired) electrons. The summed E-state index contributed by atoms with van der Waals surface area (Å²) in [5.41, 5.74) is 6.31. The number of pyridine rings is 1. The molecule has 28 heavy (non-hydrogen) atoms. The van der Waals surface area contributed by atoms with Gasteiger partial charge in [-0.25, -0.2) is 9.67 Å². The summed E-state index contributed by atoms with van der Waals surface area (Å²) in [4.78, 5) is 9.99. The van der Waals surface area contributed by atoms with Crippen molar-refractivity contribution in [3.63, 3.8) is 0 Å². The molecule has 4 aromatic rings. The predicted molar refractivity (Wildman–Crippen MR) is 116 cm³/mol. The average molecular weight is 385 g/mol. The van der Waals surface area contributed by atoms with Gasteiger partial charge in [-0.15, -0.1) is 11.3 Å². The minimum Gasteiger partial charge on any atom is -0.255 e. The molecule has 0 aliphatic heterocycles. The number of rotatable bonds is 4. The van der Waals surface area contributed by atoms with E-state index in [0.717, 1.165) is 27.4 Å². The molecule has 5 heteroatoms. The van der Waals surface area contributed by atoms with Crippen molar-refractivity contribution < 1.29 is 0 Å². The highest BCUT2D eigenvalue weighted by molar-refractivity contribution is 7.07. The van der Waals surface area contributed by atoms with E-state index in [2.05, 4.69) is 48.5 Å². The number of nitrogens with zero attached hydrogens (tertiary/aromatic N) is 4. The minimum atomic E-state index is 0.803. The van der Waals surface area contributed by atoms with Gasteiger partial charge in [0.2, 0.25) is 4.80 Å². The fraction of sp³-hybridized carbons (Fsp3) is 0.0870. The Labute approximate surface area is 168 Å².